The second kappa shape index (κ2) is 11.7. The van der Waals surface area contributed by atoms with Crippen LogP contribution in [0.5, 0.6) is 0 Å². The van der Waals surface area contributed by atoms with Gasteiger partial charge in [-0.3, -0.25) is 0 Å². The summed E-state index contributed by atoms with van der Waals surface area (Å²) >= 11 is 0. The Morgan fingerprint density at radius 2 is 1.81 bits per heavy atom. The quantitative estimate of drug-likeness (QED) is 0.337. The molecule has 3 N–H and O–H groups in total. The summed E-state index contributed by atoms with van der Waals surface area (Å²) in [6, 6.07) is 13.8. The van der Waals surface area contributed by atoms with E-state index >= 15 is 0 Å². The number of nitrogens with zero attached hydrogens (tertiary/aromatic N) is 2. The lowest BCUT2D eigenvalue weighted by Crippen LogP contribution is -2.37. The lowest BCUT2D eigenvalue weighted by atomic mass is 10.1. The van der Waals surface area contributed by atoms with Crippen molar-refractivity contribution in [2.24, 2.45) is 4.99 Å². The average molecular weight is 427 g/mol. The average Bonchev–Trinajstić information content (AvgIpc) is 2.77. The van der Waals surface area contributed by atoms with Crippen molar-refractivity contribution in [3.63, 3.8) is 0 Å². The fourth-order valence-corrected chi connectivity index (χ4v) is 3.63. The van der Waals surface area contributed by atoms with Gasteiger partial charge in [-0.25, -0.2) is 9.38 Å². The number of hydrogen-bond acceptors (Lipinski definition) is 3. The van der Waals surface area contributed by atoms with Crippen LogP contribution < -0.4 is 15.5 Å². The first-order valence-corrected chi connectivity index (χ1v) is 11.3. The molecule has 5 nitrogen and oxygen atoms in total. The summed E-state index contributed by atoms with van der Waals surface area (Å²) in [5, 5.41) is 16.4. The molecule has 1 aliphatic heterocycles. The summed E-state index contributed by atoms with van der Waals surface area (Å²) in [7, 11) is 0. The SMILES string of the molecule is CCCCNC(=NCc1ccc(N2CCC(O)CC2)c(F)c1)NCc1ccc(C)cc1. The third-order valence-electron chi connectivity index (χ3n) is 5.64. The number of aliphatic imine (C=N–C) groups is 1. The van der Waals surface area contributed by atoms with E-state index in [1.807, 2.05) is 17.0 Å². The molecule has 2 aromatic rings. The molecular formula is C25H35FN4O. The molecule has 1 aliphatic rings. The number of unbranched alkanes of at least 4 members (excludes halogenated alkanes) is 1. The minimum absolute atomic E-state index is 0.225. The number of benzene rings is 2. The number of aliphatic hydroxyl groups excluding tert-OH is 1. The molecule has 0 spiro atoms. The van der Waals surface area contributed by atoms with E-state index in [2.05, 4.69) is 53.7 Å². The van der Waals surface area contributed by atoms with Gasteiger partial charge in [0, 0.05) is 26.2 Å². The van der Waals surface area contributed by atoms with Gasteiger partial charge in [0.05, 0.1) is 18.3 Å². The second-order valence-electron chi connectivity index (χ2n) is 8.29. The van der Waals surface area contributed by atoms with Gasteiger partial charge in [0.1, 0.15) is 5.82 Å². The van der Waals surface area contributed by atoms with Gasteiger partial charge in [-0.1, -0.05) is 49.2 Å². The van der Waals surface area contributed by atoms with E-state index in [1.165, 1.54) is 11.1 Å². The Morgan fingerprint density at radius 3 is 2.48 bits per heavy atom. The van der Waals surface area contributed by atoms with Crippen LogP contribution in [0.4, 0.5) is 10.1 Å². The molecule has 0 bridgehead atoms. The molecule has 1 saturated heterocycles. The molecule has 1 fully saturated rings. The van der Waals surface area contributed by atoms with Crippen molar-refractivity contribution in [2.75, 3.05) is 24.5 Å². The summed E-state index contributed by atoms with van der Waals surface area (Å²) in [6.07, 6.45) is 3.28. The van der Waals surface area contributed by atoms with Crippen molar-refractivity contribution in [1.29, 1.82) is 0 Å². The van der Waals surface area contributed by atoms with E-state index < -0.39 is 0 Å². The van der Waals surface area contributed by atoms with Gasteiger partial charge in [-0.05, 0) is 49.4 Å². The van der Waals surface area contributed by atoms with Crippen LogP contribution in [0, 0.1) is 12.7 Å². The summed E-state index contributed by atoms with van der Waals surface area (Å²) < 4.78 is 14.7. The van der Waals surface area contributed by atoms with Crippen LogP contribution in [0.2, 0.25) is 0 Å². The summed E-state index contributed by atoms with van der Waals surface area (Å²) in [5.41, 5.74) is 3.88. The Kier molecular flexibility index (Phi) is 8.71. The molecule has 0 unspecified atom stereocenters. The lowest BCUT2D eigenvalue weighted by Gasteiger charge is -2.31. The third-order valence-corrected chi connectivity index (χ3v) is 5.64. The maximum atomic E-state index is 14.7. The molecule has 2 aromatic carbocycles. The smallest absolute Gasteiger partial charge is 0.191 e. The second-order valence-corrected chi connectivity index (χ2v) is 8.29. The first-order chi connectivity index (χ1) is 15.0. The number of anilines is 1. The first kappa shape index (κ1) is 23.1. The van der Waals surface area contributed by atoms with Crippen LogP contribution in [-0.4, -0.2) is 36.8 Å². The van der Waals surface area contributed by atoms with Crippen LogP contribution in [0.25, 0.3) is 0 Å². The lowest BCUT2D eigenvalue weighted by molar-refractivity contribution is 0.145. The Balaban J connectivity index is 1.62. The van der Waals surface area contributed by atoms with Gasteiger partial charge >= 0.3 is 0 Å². The standard InChI is InChI=1S/C25H35FN4O/c1-3-4-13-27-25(28-17-20-7-5-19(2)6-8-20)29-18-21-9-10-24(23(26)16-21)30-14-11-22(31)12-15-30/h5-10,16,22,31H,3-4,11-15,17-18H2,1-2H3,(H2,27,28,29). The highest BCUT2D eigenvalue weighted by molar-refractivity contribution is 5.79. The van der Waals surface area contributed by atoms with Crippen molar-refractivity contribution in [1.82, 2.24) is 10.6 Å². The van der Waals surface area contributed by atoms with Gasteiger partial charge in [-0.2, -0.15) is 0 Å². The van der Waals surface area contributed by atoms with E-state index in [0.717, 1.165) is 30.9 Å². The molecule has 3 rings (SSSR count). The molecule has 0 aromatic heterocycles. The zero-order valence-corrected chi connectivity index (χ0v) is 18.7. The fraction of sp³-hybridized carbons (Fsp3) is 0.480. The normalized spacial score (nSPS) is 15.2. The van der Waals surface area contributed by atoms with Crippen molar-refractivity contribution < 1.29 is 9.50 Å². The van der Waals surface area contributed by atoms with E-state index in [1.54, 1.807) is 6.07 Å². The van der Waals surface area contributed by atoms with Crippen LogP contribution in [-0.2, 0) is 13.1 Å². The maximum absolute atomic E-state index is 14.7. The van der Waals surface area contributed by atoms with Gasteiger partial charge in [0.25, 0.3) is 0 Å². The maximum Gasteiger partial charge on any atom is 0.191 e. The predicted molar refractivity (Wildman–Crippen MR) is 126 cm³/mol. The largest absolute Gasteiger partial charge is 0.393 e. The monoisotopic (exact) mass is 426 g/mol. The molecule has 0 amide bonds. The van der Waals surface area contributed by atoms with E-state index in [0.29, 0.717) is 44.7 Å². The van der Waals surface area contributed by atoms with Crippen molar-refractivity contribution >= 4 is 11.6 Å². The van der Waals surface area contributed by atoms with Crippen molar-refractivity contribution in [3.05, 3.63) is 65.0 Å². The fourth-order valence-electron chi connectivity index (χ4n) is 3.63. The molecule has 168 valence electrons. The topological polar surface area (TPSA) is 59.9 Å². The van der Waals surface area contributed by atoms with Crippen molar-refractivity contribution in [2.45, 2.75) is 58.7 Å². The minimum atomic E-state index is -0.265. The number of hydrogen-bond donors (Lipinski definition) is 3. The molecule has 0 aliphatic carbocycles. The molecular weight excluding hydrogens is 391 g/mol. The number of nitrogens with one attached hydrogen (secondary N) is 2. The third kappa shape index (κ3) is 7.24. The van der Waals surface area contributed by atoms with Crippen LogP contribution in [0.3, 0.4) is 0 Å². The van der Waals surface area contributed by atoms with Crippen molar-refractivity contribution in [3.8, 4) is 0 Å². The van der Waals surface area contributed by atoms with Gasteiger partial charge in [0.2, 0.25) is 0 Å². The predicted octanol–water partition coefficient (Wildman–Crippen LogP) is 4.13. The number of aliphatic hydroxyl groups is 1. The molecule has 0 saturated carbocycles. The summed E-state index contributed by atoms with van der Waals surface area (Å²) in [5.74, 6) is 0.515. The Morgan fingerprint density at radius 1 is 1.10 bits per heavy atom. The Bertz CT molecular complexity index is 845. The highest BCUT2D eigenvalue weighted by atomic mass is 19.1. The van der Waals surface area contributed by atoms with E-state index in [4.69, 9.17) is 0 Å². The summed E-state index contributed by atoms with van der Waals surface area (Å²) in [4.78, 5) is 6.68. The number of piperidine rings is 1. The van der Waals surface area contributed by atoms with Gasteiger partial charge in [-0.15, -0.1) is 0 Å². The molecule has 6 heteroatoms. The van der Waals surface area contributed by atoms with Crippen LogP contribution >= 0.6 is 0 Å². The molecule has 0 radical (unpaired) electrons. The zero-order chi connectivity index (χ0) is 22.1. The summed E-state index contributed by atoms with van der Waals surface area (Å²) in [6.45, 7) is 7.55. The number of guanidine groups is 1. The van der Waals surface area contributed by atoms with E-state index in [-0.39, 0.29) is 11.9 Å². The molecule has 1 heterocycles. The molecule has 0 atom stereocenters. The molecule has 31 heavy (non-hydrogen) atoms. The number of aryl methyl sites for hydroxylation is 1. The first-order valence-electron chi connectivity index (χ1n) is 11.3. The van der Waals surface area contributed by atoms with Gasteiger partial charge < -0.3 is 20.6 Å². The Hall–Kier alpha value is -2.60. The minimum Gasteiger partial charge on any atom is -0.393 e. The van der Waals surface area contributed by atoms with Crippen LogP contribution in [0.1, 0.15) is 49.3 Å². The number of rotatable bonds is 8. The highest BCUT2D eigenvalue weighted by Gasteiger charge is 2.19. The number of halogens is 1. The van der Waals surface area contributed by atoms with Gasteiger partial charge in [0.15, 0.2) is 5.96 Å². The van der Waals surface area contributed by atoms with Crippen LogP contribution in [0.15, 0.2) is 47.5 Å². The highest BCUT2D eigenvalue weighted by Crippen LogP contribution is 2.24. The van der Waals surface area contributed by atoms with E-state index in [9.17, 15) is 9.50 Å². The Labute approximate surface area is 185 Å². The zero-order valence-electron chi connectivity index (χ0n) is 18.7.